The Balaban J connectivity index is 1.72. The number of ether oxygens (including phenoxy) is 1. The number of rotatable bonds is 5. The molecule has 3 rings (SSSR count). The number of hydrogen-bond donors (Lipinski definition) is 0. The molecule has 2 atom stereocenters. The van der Waals surface area contributed by atoms with Crippen LogP contribution < -0.4 is 9.64 Å². The lowest BCUT2D eigenvalue weighted by Gasteiger charge is -2.18. The van der Waals surface area contributed by atoms with Crippen LogP contribution in [0.25, 0.3) is 0 Å². The molecule has 0 radical (unpaired) electrons. The quantitative estimate of drug-likeness (QED) is 0.590. The van der Waals surface area contributed by atoms with Crippen molar-refractivity contribution in [1.29, 1.82) is 0 Å². The van der Waals surface area contributed by atoms with E-state index in [1.807, 2.05) is 55.5 Å². The van der Waals surface area contributed by atoms with Gasteiger partial charge in [0, 0.05) is 18.7 Å². The molecule has 4 heteroatoms. The van der Waals surface area contributed by atoms with Gasteiger partial charge in [0.05, 0.1) is 5.92 Å². The first-order valence-electron chi connectivity index (χ1n) is 9.17. The SMILES string of the molecule is CC[C@H](C)c1ccccc1OC(=O)[C@@H]1CC(=O)N(c2ccc(C)cc2)C1. The maximum absolute atomic E-state index is 12.7. The topological polar surface area (TPSA) is 46.6 Å². The van der Waals surface area contributed by atoms with Gasteiger partial charge in [0.25, 0.3) is 0 Å². The van der Waals surface area contributed by atoms with Crippen LogP contribution in [0, 0.1) is 12.8 Å². The molecule has 1 saturated heterocycles. The molecule has 4 nitrogen and oxygen atoms in total. The first-order valence-corrected chi connectivity index (χ1v) is 9.17. The van der Waals surface area contributed by atoms with Crippen LogP contribution in [0.5, 0.6) is 5.75 Å². The van der Waals surface area contributed by atoms with E-state index in [9.17, 15) is 9.59 Å². The number of hydrogen-bond acceptors (Lipinski definition) is 3. The fraction of sp³-hybridized carbons (Fsp3) is 0.364. The highest BCUT2D eigenvalue weighted by atomic mass is 16.5. The van der Waals surface area contributed by atoms with Gasteiger partial charge in [-0.1, -0.05) is 49.7 Å². The first kappa shape index (κ1) is 18.2. The van der Waals surface area contributed by atoms with Gasteiger partial charge in [0.1, 0.15) is 5.75 Å². The van der Waals surface area contributed by atoms with Crippen LogP contribution in [0.2, 0.25) is 0 Å². The van der Waals surface area contributed by atoms with E-state index < -0.39 is 5.92 Å². The highest BCUT2D eigenvalue weighted by Crippen LogP contribution is 2.31. The normalized spacial score (nSPS) is 18.0. The molecule has 0 N–H and O–H groups in total. The van der Waals surface area contributed by atoms with Gasteiger partial charge in [0.2, 0.25) is 5.91 Å². The second-order valence-electron chi connectivity index (χ2n) is 7.01. The van der Waals surface area contributed by atoms with Crippen molar-refractivity contribution in [2.24, 2.45) is 5.92 Å². The smallest absolute Gasteiger partial charge is 0.316 e. The molecule has 0 spiro atoms. The van der Waals surface area contributed by atoms with Gasteiger partial charge in [0.15, 0.2) is 0 Å². The fourth-order valence-electron chi connectivity index (χ4n) is 3.23. The molecule has 136 valence electrons. The summed E-state index contributed by atoms with van der Waals surface area (Å²) >= 11 is 0. The molecule has 0 saturated carbocycles. The minimum atomic E-state index is -0.436. The van der Waals surface area contributed by atoms with E-state index >= 15 is 0 Å². The summed E-state index contributed by atoms with van der Waals surface area (Å²) in [5, 5.41) is 0. The van der Waals surface area contributed by atoms with Crippen LogP contribution in [-0.2, 0) is 9.59 Å². The Morgan fingerprint density at radius 2 is 1.88 bits per heavy atom. The van der Waals surface area contributed by atoms with Gasteiger partial charge in [-0.3, -0.25) is 9.59 Å². The van der Waals surface area contributed by atoms with Crippen LogP contribution in [0.1, 0.15) is 43.7 Å². The Morgan fingerprint density at radius 3 is 2.58 bits per heavy atom. The van der Waals surface area contributed by atoms with Gasteiger partial charge in [-0.05, 0) is 43.0 Å². The number of carbonyl (C=O) groups is 2. The van der Waals surface area contributed by atoms with Crippen LogP contribution >= 0.6 is 0 Å². The minimum absolute atomic E-state index is 0.0361. The fourth-order valence-corrected chi connectivity index (χ4v) is 3.23. The number of nitrogens with zero attached hydrogens (tertiary/aromatic N) is 1. The Kier molecular flexibility index (Phi) is 5.40. The van der Waals surface area contributed by atoms with E-state index in [1.165, 1.54) is 0 Å². The minimum Gasteiger partial charge on any atom is -0.426 e. The summed E-state index contributed by atoms with van der Waals surface area (Å²) in [5.74, 6) is 0.116. The number of esters is 1. The molecule has 1 aliphatic rings. The summed E-state index contributed by atoms with van der Waals surface area (Å²) in [6, 6.07) is 15.4. The second-order valence-corrected chi connectivity index (χ2v) is 7.01. The van der Waals surface area contributed by atoms with Crippen LogP contribution in [0.3, 0.4) is 0 Å². The zero-order valence-corrected chi connectivity index (χ0v) is 15.6. The molecule has 1 heterocycles. The Morgan fingerprint density at radius 1 is 1.19 bits per heavy atom. The average Bonchev–Trinajstić information content (AvgIpc) is 3.04. The van der Waals surface area contributed by atoms with Crippen molar-refractivity contribution in [2.75, 3.05) is 11.4 Å². The summed E-state index contributed by atoms with van der Waals surface area (Å²) in [4.78, 5) is 26.7. The van der Waals surface area contributed by atoms with Crippen molar-refractivity contribution < 1.29 is 14.3 Å². The molecule has 0 aliphatic carbocycles. The Labute approximate surface area is 154 Å². The van der Waals surface area contributed by atoms with Gasteiger partial charge < -0.3 is 9.64 Å². The van der Waals surface area contributed by atoms with E-state index in [-0.39, 0.29) is 18.3 Å². The van der Waals surface area contributed by atoms with Gasteiger partial charge in [-0.25, -0.2) is 0 Å². The molecule has 1 amide bonds. The summed E-state index contributed by atoms with van der Waals surface area (Å²) in [5.41, 5.74) is 3.00. The molecular weight excluding hydrogens is 326 g/mol. The van der Waals surface area contributed by atoms with Crippen molar-refractivity contribution in [3.8, 4) is 5.75 Å². The number of benzene rings is 2. The number of aryl methyl sites for hydroxylation is 1. The lowest BCUT2D eigenvalue weighted by molar-refractivity contribution is -0.139. The third kappa shape index (κ3) is 3.79. The summed E-state index contributed by atoms with van der Waals surface area (Å²) in [6.45, 7) is 6.60. The summed E-state index contributed by atoms with van der Waals surface area (Å²) in [7, 11) is 0. The lowest BCUT2D eigenvalue weighted by atomic mass is 9.98. The molecule has 1 aliphatic heterocycles. The van der Waals surface area contributed by atoms with Crippen LogP contribution in [0.15, 0.2) is 48.5 Å². The highest BCUT2D eigenvalue weighted by Gasteiger charge is 2.36. The zero-order valence-electron chi connectivity index (χ0n) is 15.6. The number of para-hydroxylation sites is 1. The average molecular weight is 351 g/mol. The standard InChI is InChI=1S/C22H25NO3/c1-4-16(3)19-7-5-6-8-20(19)26-22(25)17-13-21(24)23(14-17)18-11-9-15(2)10-12-18/h5-12,16-17H,4,13-14H2,1-3H3/t16-,17+/m0/s1. The first-order chi connectivity index (χ1) is 12.5. The maximum atomic E-state index is 12.7. The Bertz CT molecular complexity index is 797. The number of anilines is 1. The monoisotopic (exact) mass is 351 g/mol. The third-order valence-corrected chi connectivity index (χ3v) is 5.08. The number of carbonyl (C=O) groups excluding carboxylic acids is 2. The van der Waals surface area contributed by atoms with E-state index in [4.69, 9.17) is 4.74 Å². The molecule has 26 heavy (non-hydrogen) atoms. The van der Waals surface area contributed by atoms with Crippen molar-refractivity contribution in [3.05, 3.63) is 59.7 Å². The summed E-state index contributed by atoms with van der Waals surface area (Å²) < 4.78 is 5.69. The van der Waals surface area contributed by atoms with Crippen molar-refractivity contribution in [1.82, 2.24) is 0 Å². The van der Waals surface area contributed by atoms with E-state index in [0.29, 0.717) is 18.2 Å². The largest absolute Gasteiger partial charge is 0.426 e. The highest BCUT2D eigenvalue weighted by molar-refractivity contribution is 5.99. The third-order valence-electron chi connectivity index (χ3n) is 5.08. The molecule has 2 aromatic rings. The van der Waals surface area contributed by atoms with Crippen molar-refractivity contribution >= 4 is 17.6 Å². The predicted molar refractivity (Wildman–Crippen MR) is 102 cm³/mol. The second kappa shape index (κ2) is 7.73. The van der Waals surface area contributed by atoms with Crippen molar-refractivity contribution in [3.63, 3.8) is 0 Å². The van der Waals surface area contributed by atoms with Gasteiger partial charge >= 0.3 is 5.97 Å². The zero-order chi connectivity index (χ0) is 18.7. The van der Waals surface area contributed by atoms with E-state index in [0.717, 1.165) is 23.2 Å². The lowest BCUT2D eigenvalue weighted by Crippen LogP contribution is -2.27. The van der Waals surface area contributed by atoms with Crippen molar-refractivity contribution in [2.45, 2.75) is 39.5 Å². The molecular formula is C22H25NO3. The molecule has 1 fully saturated rings. The van der Waals surface area contributed by atoms with E-state index in [1.54, 1.807) is 4.90 Å². The molecule has 0 bridgehead atoms. The molecule has 0 aromatic heterocycles. The molecule has 0 unspecified atom stereocenters. The number of amides is 1. The van der Waals surface area contributed by atoms with Gasteiger partial charge in [-0.2, -0.15) is 0 Å². The van der Waals surface area contributed by atoms with Gasteiger partial charge in [-0.15, -0.1) is 0 Å². The van der Waals surface area contributed by atoms with Crippen LogP contribution in [-0.4, -0.2) is 18.4 Å². The Hall–Kier alpha value is -2.62. The van der Waals surface area contributed by atoms with E-state index in [2.05, 4.69) is 13.8 Å². The molecule has 2 aromatic carbocycles. The summed E-state index contributed by atoms with van der Waals surface area (Å²) in [6.07, 6.45) is 1.16. The maximum Gasteiger partial charge on any atom is 0.316 e. The predicted octanol–water partition coefficient (Wildman–Crippen LogP) is 4.47. The van der Waals surface area contributed by atoms with Crippen LogP contribution in [0.4, 0.5) is 5.69 Å².